The first-order chi connectivity index (χ1) is 8.50. The molecule has 0 amide bonds. The lowest BCUT2D eigenvalue weighted by Gasteiger charge is -2.21. The number of carboxylic acid groups (broad SMARTS) is 1. The highest BCUT2D eigenvalue weighted by Gasteiger charge is 2.22. The Kier molecular flexibility index (Phi) is 4.06. The molecular weight excluding hydrogens is 270 g/mol. The lowest BCUT2D eigenvalue weighted by atomic mass is 10.1. The van der Waals surface area contributed by atoms with Crippen molar-refractivity contribution in [3.63, 3.8) is 0 Å². The van der Waals surface area contributed by atoms with Crippen molar-refractivity contribution >= 4 is 27.6 Å². The van der Waals surface area contributed by atoms with E-state index in [1.807, 2.05) is 0 Å². The number of hydrogen-bond donors (Lipinski definition) is 4. The number of aromatic carboxylic acids is 1. The summed E-state index contributed by atoms with van der Waals surface area (Å²) < 4.78 is 28.2. The maximum absolute atomic E-state index is 11.8. The second-order valence-electron chi connectivity index (χ2n) is 5.07. The van der Waals surface area contributed by atoms with Crippen LogP contribution in [0.3, 0.4) is 0 Å². The lowest BCUT2D eigenvalue weighted by Crippen LogP contribution is -2.43. The molecule has 0 bridgehead atoms. The number of nitrogen functional groups attached to an aromatic ring is 1. The second kappa shape index (κ2) is 5.06. The van der Waals surface area contributed by atoms with Gasteiger partial charge < -0.3 is 10.8 Å². The first kappa shape index (κ1) is 15.3. The van der Waals surface area contributed by atoms with Gasteiger partial charge in [-0.25, -0.2) is 4.79 Å². The Hall–Kier alpha value is -1.80. The summed E-state index contributed by atoms with van der Waals surface area (Å²) >= 11 is 0. The van der Waals surface area contributed by atoms with Crippen LogP contribution in [0.15, 0.2) is 18.2 Å². The van der Waals surface area contributed by atoms with Crippen molar-refractivity contribution in [2.45, 2.75) is 26.3 Å². The number of nitrogens with two attached hydrogens (primary N) is 1. The van der Waals surface area contributed by atoms with Crippen molar-refractivity contribution in [3.8, 4) is 0 Å². The van der Waals surface area contributed by atoms with E-state index in [1.165, 1.54) is 18.2 Å². The number of carboxylic acids is 1. The van der Waals surface area contributed by atoms with Gasteiger partial charge in [-0.05, 0) is 39.0 Å². The molecule has 0 radical (unpaired) electrons. The third-order valence-corrected chi connectivity index (χ3v) is 3.33. The Balaban J connectivity index is 3.12. The van der Waals surface area contributed by atoms with Crippen molar-refractivity contribution in [2.24, 2.45) is 0 Å². The zero-order valence-electron chi connectivity index (χ0n) is 10.9. The highest BCUT2D eigenvalue weighted by Crippen LogP contribution is 2.20. The average molecular weight is 287 g/mol. The monoisotopic (exact) mass is 287 g/mol. The zero-order valence-corrected chi connectivity index (χ0v) is 11.7. The van der Waals surface area contributed by atoms with Crippen LogP contribution in [0, 0.1) is 0 Å². The molecule has 1 rings (SSSR count). The fourth-order valence-electron chi connectivity index (χ4n) is 1.41. The summed E-state index contributed by atoms with van der Waals surface area (Å²) in [6, 6.07) is 3.89. The van der Waals surface area contributed by atoms with Crippen LogP contribution in [-0.2, 0) is 10.2 Å². The maximum atomic E-state index is 11.8. The van der Waals surface area contributed by atoms with Gasteiger partial charge in [0.25, 0.3) is 10.2 Å². The van der Waals surface area contributed by atoms with Gasteiger partial charge in [0.15, 0.2) is 0 Å². The number of benzene rings is 1. The number of carbonyl (C=O) groups is 1. The van der Waals surface area contributed by atoms with Crippen molar-refractivity contribution in [2.75, 3.05) is 10.5 Å². The van der Waals surface area contributed by atoms with Crippen LogP contribution >= 0.6 is 0 Å². The number of nitrogens with one attached hydrogen (secondary N) is 2. The van der Waals surface area contributed by atoms with Gasteiger partial charge in [0, 0.05) is 11.2 Å². The molecule has 106 valence electrons. The topological polar surface area (TPSA) is 122 Å². The smallest absolute Gasteiger partial charge is 0.337 e. The number of rotatable bonds is 4. The molecule has 0 aliphatic heterocycles. The largest absolute Gasteiger partial charge is 0.478 e. The zero-order chi connectivity index (χ0) is 14.8. The van der Waals surface area contributed by atoms with E-state index in [4.69, 9.17) is 10.8 Å². The molecule has 0 unspecified atom stereocenters. The minimum atomic E-state index is -3.88. The third-order valence-electron chi connectivity index (χ3n) is 1.96. The lowest BCUT2D eigenvalue weighted by molar-refractivity contribution is 0.0698. The Bertz CT molecular complexity index is 590. The van der Waals surface area contributed by atoms with E-state index in [-0.39, 0.29) is 16.9 Å². The van der Waals surface area contributed by atoms with Crippen LogP contribution in [0.4, 0.5) is 11.4 Å². The summed E-state index contributed by atoms with van der Waals surface area (Å²) in [6.45, 7) is 5.01. The van der Waals surface area contributed by atoms with Gasteiger partial charge in [-0.3, -0.25) is 4.72 Å². The van der Waals surface area contributed by atoms with Crippen LogP contribution in [0.2, 0.25) is 0 Å². The van der Waals surface area contributed by atoms with Crippen molar-refractivity contribution in [1.82, 2.24) is 4.72 Å². The van der Waals surface area contributed by atoms with E-state index < -0.39 is 21.7 Å². The summed E-state index contributed by atoms with van der Waals surface area (Å²) in [4.78, 5) is 11.0. The molecule has 0 atom stereocenters. The number of hydrogen-bond acceptors (Lipinski definition) is 4. The SMILES string of the molecule is CC(C)(C)NS(=O)(=O)Nc1cc(N)ccc1C(=O)O. The van der Waals surface area contributed by atoms with Gasteiger partial charge in [0.2, 0.25) is 0 Å². The van der Waals surface area contributed by atoms with Crippen molar-refractivity contribution < 1.29 is 18.3 Å². The first-order valence-corrected chi connectivity index (χ1v) is 6.93. The molecule has 0 spiro atoms. The summed E-state index contributed by atoms with van der Waals surface area (Å²) in [6.07, 6.45) is 0. The molecule has 0 fully saturated rings. The third kappa shape index (κ3) is 4.76. The average Bonchev–Trinajstić information content (AvgIpc) is 2.11. The quantitative estimate of drug-likeness (QED) is 0.616. The molecule has 8 heteroatoms. The van der Waals surface area contributed by atoms with Gasteiger partial charge >= 0.3 is 5.97 Å². The van der Waals surface area contributed by atoms with Gasteiger partial charge in [-0.15, -0.1) is 0 Å². The van der Waals surface area contributed by atoms with Gasteiger partial charge in [0.1, 0.15) is 0 Å². The van der Waals surface area contributed by atoms with E-state index in [0.717, 1.165) is 0 Å². The molecule has 0 heterocycles. The molecule has 1 aromatic rings. The maximum Gasteiger partial charge on any atom is 0.337 e. The van der Waals surface area contributed by atoms with E-state index in [2.05, 4.69) is 9.44 Å². The second-order valence-corrected chi connectivity index (χ2v) is 6.48. The van der Waals surface area contributed by atoms with Gasteiger partial charge in [-0.1, -0.05) is 0 Å². The molecule has 5 N–H and O–H groups in total. The van der Waals surface area contributed by atoms with Crippen LogP contribution in [0.5, 0.6) is 0 Å². The van der Waals surface area contributed by atoms with Gasteiger partial charge in [0.05, 0.1) is 11.3 Å². The molecular formula is C11H17N3O4S. The minimum absolute atomic E-state index is 0.0794. The van der Waals surface area contributed by atoms with E-state index in [9.17, 15) is 13.2 Å². The van der Waals surface area contributed by atoms with Crippen LogP contribution in [-0.4, -0.2) is 25.0 Å². The Morgan fingerprint density at radius 1 is 1.32 bits per heavy atom. The Morgan fingerprint density at radius 2 is 1.89 bits per heavy atom. The molecule has 0 aliphatic carbocycles. The predicted molar refractivity (Wildman–Crippen MR) is 73.2 cm³/mol. The van der Waals surface area contributed by atoms with Crippen LogP contribution < -0.4 is 15.2 Å². The Morgan fingerprint density at radius 3 is 2.37 bits per heavy atom. The highest BCUT2D eigenvalue weighted by atomic mass is 32.2. The van der Waals surface area contributed by atoms with Crippen molar-refractivity contribution in [1.29, 1.82) is 0 Å². The summed E-state index contributed by atoms with van der Waals surface area (Å²) in [5.41, 5.74) is 4.85. The molecule has 0 saturated carbocycles. The molecule has 19 heavy (non-hydrogen) atoms. The van der Waals surface area contributed by atoms with E-state index >= 15 is 0 Å². The molecule has 0 aromatic heterocycles. The normalized spacial score (nSPS) is 12.2. The van der Waals surface area contributed by atoms with E-state index in [1.54, 1.807) is 20.8 Å². The van der Waals surface area contributed by atoms with Gasteiger partial charge in [-0.2, -0.15) is 13.1 Å². The first-order valence-electron chi connectivity index (χ1n) is 5.45. The van der Waals surface area contributed by atoms with E-state index in [0.29, 0.717) is 0 Å². The molecule has 7 nitrogen and oxygen atoms in total. The summed E-state index contributed by atoms with van der Waals surface area (Å²) in [7, 11) is -3.88. The summed E-state index contributed by atoms with van der Waals surface area (Å²) in [5.74, 6) is -1.24. The fourth-order valence-corrected chi connectivity index (χ4v) is 2.72. The highest BCUT2D eigenvalue weighted by molar-refractivity contribution is 7.90. The molecule has 1 aromatic carbocycles. The summed E-state index contributed by atoms with van der Waals surface area (Å²) in [5, 5.41) is 8.99. The Labute approximate surface area is 112 Å². The predicted octanol–water partition coefficient (Wildman–Crippen LogP) is 1.01. The number of anilines is 2. The van der Waals surface area contributed by atoms with Crippen LogP contribution in [0.1, 0.15) is 31.1 Å². The van der Waals surface area contributed by atoms with Crippen molar-refractivity contribution in [3.05, 3.63) is 23.8 Å². The van der Waals surface area contributed by atoms with Crippen LogP contribution in [0.25, 0.3) is 0 Å². The minimum Gasteiger partial charge on any atom is -0.478 e. The molecule has 0 aliphatic rings. The molecule has 0 saturated heterocycles. The standard InChI is InChI=1S/C11H17N3O4S/c1-11(2,3)14-19(17,18)13-9-6-7(12)4-5-8(9)10(15)16/h4-6,13-14H,12H2,1-3H3,(H,15,16). The fraction of sp³-hybridized carbons (Fsp3) is 0.364.